The molecule has 8 nitrogen and oxygen atoms in total. The highest BCUT2D eigenvalue weighted by Gasteiger charge is 2.35. The Morgan fingerprint density at radius 2 is 1.60 bits per heavy atom. The van der Waals surface area contributed by atoms with Gasteiger partial charge in [0.25, 0.3) is 16.1 Å². The fraction of sp³-hybridized carbons (Fsp3) is 0.474. The number of carbonyl (C=O) groups excluding carboxylic acids is 1. The zero-order valence-electron chi connectivity index (χ0n) is 16.7. The molecule has 2 fully saturated rings. The van der Waals surface area contributed by atoms with E-state index in [1.807, 2.05) is 7.05 Å². The predicted molar refractivity (Wildman–Crippen MR) is 113 cm³/mol. The van der Waals surface area contributed by atoms with E-state index in [0.717, 1.165) is 11.3 Å². The largest absolute Gasteiger partial charge is 0.335 e. The number of carbonyl (C=O) groups is 1. The number of nitrogens with zero attached hydrogens (tertiary/aromatic N) is 5. The first-order chi connectivity index (χ1) is 14.4. The van der Waals surface area contributed by atoms with Gasteiger partial charge >= 0.3 is 0 Å². The molecule has 0 atom stereocenters. The van der Waals surface area contributed by atoms with Crippen LogP contribution in [0.3, 0.4) is 0 Å². The van der Waals surface area contributed by atoms with Crippen molar-refractivity contribution in [2.75, 3.05) is 59.4 Å². The van der Waals surface area contributed by atoms with Crippen molar-refractivity contribution in [3.63, 3.8) is 0 Å². The molecule has 1 amide bonds. The normalized spacial score (nSPS) is 19.9. The van der Waals surface area contributed by atoms with E-state index in [-0.39, 0.29) is 24.8 Å². The lowest BCUT2D eigenvalue weighted by atomic mass is 10.2. The van der Waals surface area contributed by atoms with Gasteiger partial charge in [-0.25, -0.2) is 9.37 Å². The summed E-state index contributed by atoms with van der Waals surface area (Å²) in [6.07, 6.45) is 1.46. The van der Waals surface area contributed by atoms with Crippen molar-refractivity contribution in [1.82, 2.24) is 23.4 Å². The minimum Gasteiger partial charge on any atom is -0.335 e. The van der Waals surface area contributed by atoms with Gasteiger partial charge in [0.1, 0.15) is 15.7 Å². The summed E-state index contributed by atoms with van der Waals surface area (Å²) in [6.45, 7) is 3.56. The Hall–Kier alpha value is -1.92. The second kappa shape index (κ2) is 8.67. The lowest BCUT2D eigenvalue weighted by molar-refractivity contribution is 0.0697. The molecule has 0 radical (unpaired) electrons. The van der Waals surface area contributed by atoms with Crippen LogP contribution in [0.2, 0.25) is 0 Å². The van der Waals surface area contributed by atoms with Gasteiger partial charge in [-0.15, -0.1) is 11.3 Å². The van der Waals surface area contributed by atoms with Crippen LogP contribution >= 0.6 is 11.3 Å². The molecular weight excluding hydrogens is 429 g/mol. The molecule has 0 saturated carbocycles. The molecule has 2 aliphatic heterocycles. The van der Waals surface area contributed by atoms with Crippen LogP contribution in [0.15, 0.2) is 30.5 Å². The summed E-state index contributed by atoms with van der Waals surface area (Å²) < 4.78 is 42.7. The number of halogens is 1. The van der Waals surface area contributed by atoms with E-state index in [1.54, 1.807) is 23.1 Å². The molecule has 30 heavy (non-hydrogen) atoms. The van der Waals surface area contributed by atoms with Crippen molar-refractivity contribution in [3.8, 4) is 10.6 Å². The van der Waals surface area contributed by atoms with E-state index in [1.165, 1.54) is 20.9 Å². The topological polar surface area (TPSA) is 77.1 Å². The fourth-order valence-corrected chi connectivity index (χ4v) is 6.08. The van der Waals surface area contributed by atoms with Crippen LogP contribution in [-0.2, 0) is 10.2 Å². The molecule has 0 N–H and O–H groups in total. The van der Waals surface area contributed by atoms with Gasteiger partial charge in [0, 0.05) is 57.9 Å². The van der Waals surface area contributed by atoms with Crippen LogP contribution in [0.1, 0.15) is 9.67 Å². The van der Waals surface area contributed by atoms with E-state index in [4.69, 9.17) is 0 Å². The van der Waals surface area contributed by atoms with Gasteiger partial charge in [0.2, 0.25) is 0 Å². The summed E-state index contributed by atoms with van der Waals surface area (Å²) in [5.74, 6) is -0.583. The number of benzene rings is 1. The Bertz CT molecular complexity index is 1010. The second-order valence-electron chi connectivity index (χ2n) is 7.41. The third-order valence-electron chi connectivity index (χ3n) is 5.46. The number of likely N-dealkylation sites (N-methyl/N-ethyl adjacent to an activating group) is 1. The highest BCUT2D eigenvalue weighted by Crippen LogP contribution is 2.28. The summed E-state index contributed by atoms with van der Waals surface area (Å²) in [5.41, 5.74) is 0.365. The Kier molecular flexibility index (Phi) is 6.16. The smallest absolute Gasteiger partial charge is 0.282 e. The van der Waals surface area contributed by atoms with Crippen LogP contribution < -0.4 is 0 Å². The lowest BCUT2D eigenvalue weighted by Gasteiger charge is -2.38. The first-order valence-corrected chi connectivity index (χ1v) is 12.0. The predicted octanol–water partition coefficient (Wildman–Crippen LogP) is 1.20. The number of hydrogen-bond acceptors (Lipinski definition) is 6. The Balaban J connectivity index is 1.39. The summed E-state index contributed by atoms with van der Waals surface area (Å²) in [7, 11) is -1.53. The molecule has 2 saturated heterocycles. The van der Waals surface area contributed by atoms with Crippen LogP contribution in [0.4, 0.5) is 4.39 Å². The average Bonchev–Trinajstić information content (AvgIpc) is 3.24. The van der Waals surface area contributed by atoms with Crippen molar-refractivity contribution in [3.05, 3.63) is 41.2 Å². The number of hydrogen-bond donors (Lipinski definition) is 0. The standard InChI is InChI=1S/C19H24FN5O3S2/c1-22-6-10-24(11-7-22)30(27,28)25-12-8-23(9-13-25)19(26)17-14-21-18(29-17)15-4-2-3-5-16(15)20/h2-5,14H,6-13H2,1H3. The molecule has 1 aromatic carbocycles. The van der Waals surface area contributed by atoms with Crippen molar-refractivity contribution in [2.24, 2.45) is 0 Å². The van der Waals surface area contributed by atoms with E-state index >= 15 is 0 Å². The maximum absolute atomic E-state index is 14.0. The number of aromatic nitrogens is 1. The molecule has 0 spiro atoms. The first kappa shape index (κ1) is 21.3. The Morgan fingerprint density at radius 3 is 2.23 bits per heavy atom. The van der Waals surface area contributed by atoms with E-state index in [9.17, 15) is 17.6 Å². The lowest BCUT2D eigenvalue weighted by Crippen LogP contribution is -2.57. The zero-order chi connectivity index (χ0) is 21.3. The van der Waals surface area contributed by atoms with Crippen molar-refractivity contribution < 1.29 is 17.6 Å². The molecule has 3 heterocycles. The minimum atomic E-state index is -3.51. The van der Waals surface area contributed by atoms with Crippen LogP contribution in [0, 0.1) is 5.82 Å². The van der Waals surface area contributed by atoms with Crippen LogP contribution in [-0.4, -0.2) is 97.1 Å². The molecule has 11 heteroatoms. The molecular formula is C19H24FN5O3S2. The van der Waals surface area contributed by atoms with Crippen LogP contribution in [0.5, 0.6) is 0 Å². The zero-order valence-corrected chi connectivity index (χ0v) is 18.3. The molecule has 0 bridgehead atoms. The summed E-state index contributed by atoms with van der Waals surface area (Å²) in [5, 5.41) is 0.452. The second-order valence-corrected chi connectivity index (χ2v) is 10.4. The molecule has 1 aromatic heterocycles. The molecule has 2 aromatic rings. The van der Waals surface area contributed by atoms with E-state index in [2.05, 4.69) is 9.88 Å². The highest BCUT2D eigenvalue weighted by atomic mass is 32.2. The molecule has 0 unspecified atom stereocenters. The van der Waals surface area contributed by atoms with E-state index in [0.29, 0.717) is 54.7 Å². The number of piperazine rings is 2. The number of rotatable bonds is 4. The van der Waals surface area contributed by atoms with Gasteiger partial charge in [-0.3, -0.25) is 4.79 Å². The third-order valence-corrected chi connectivity index (χ3v) is 8.52. The van der Waals surface area contributed by atoms with Crippen LogP contribution in [0.25, 0.3) is 10.6 Å². The number of amides is 1. The van der Waals surface area contributed by atoms with Gasteiger partial charge < -0.3 is 9.80 Å². The first-order valence-electron chi connectivity index (χ1n) is 9.80. The minimum absolute atomic E-state index is 0.202. The molecule has 2 aliphatic rings. The molecule has 4 rings (SSSR count). The third kappa shape index (κ3) is 4.26. The molecule has 0 aliphatic carbocycles. The number of thiazole rings is 1. The Morgan fingerprint density at radius 1 is 1.00 bits per heavy atom. The summed E-state index contributed by atoms with van der Waals surface area (Å²) >= 11 is 1.14. The van der Waals surface area contributed by atoms with Gasteiger partial charge in [-0.2, -0.15) is 17.0 Å². The van der Waals surface area contributed by atoms with Crippen molar-refractivity contribution in [2.45, 2.75) is 0 Å². The van der Waals surface area contributed by atoms with E-state index < -0.39 is 10.2 Å². The van der Waals surface area contributed by atoms with Gasteiger partial charge in [0.05, 0.1) is 6.20 Å². The van der Waals surface area contributed by atoms with Gasteiger partial charge in [-0.05, 0) is 19.2 Å². The summed E-state index contributed by atoms with van der Waals surface area (Å²) in [4.78, 5) is 21.2. The highest BCUT2D eigenvalue weighted by molar-refractivity contribution is 7.86. The fourth-order valence-electron chi connectivity index (χ4n) is 3.59. The maximum Gasteiger partial charge on any atom is 0.282 e. The quantitative estimate of drug-likeness (QED) is 0.695. The monoisotopic (exact) mass is 453 g/mol. The average molecular weight is 454 g/mol. The maximum atomic E-state index is 14.0. The SMILES string of the molecule is CN1CCN(S(=O)(=O)N2CCN(C(=O)c3cnc(-c4ccccc4F)s3)CC2)CC1. The summed E-state index contributed by atoms with van der Waals surface area (Å²) in [6, 6.07) is 6.32. The Labute approximate surface area is 179 Å². The van der Waals surface area contributed by atoms with Gasteiger partial charge in [0.15, 0.2) is 0 Å². The van der Waals surface area contributed by atoms with Gasteiger partial charge in [-0.1, -0.05) is 12.1 Å². The van der Waals surface area contributed by atoms with Crippen molar-refractivity contribution >= 4 is 27.5 Å². The molecule has 162 valence electrons. The van der Waals surface area contributed by atoms with Crippen molar-refractivity contribution in [1.29, 1.82) is 0 Å².